The Bertz CT molecular complexity index is 715. The number of nitrogens with zero attached hydrogens (tertiary/aromatic N) is 1. The van der Waals surface area contributed by atoms with E-state index in [0.717, 1.165) is 26.1 Å². The molecule has 120 valence electrons. The van der Waals surface area contributed by atoms with E-state index in [4.69, 9.17) is 4.42 Å². The predicted molar refractivity (Wildman–Crippen MR) is 84.5 cm³/mol. The summed E-state index contributed by atoms with van der Waals surface area (Å²) in [6.45, 7) is 3.22. The van der Waals surface area contributed by atoms with Crippen molar-refractivity contribution in [1.29, 1.82) is 0 Å². The van der Waals surface area contributed by atoms with Crippen LogP contribution in [0.3, 0.4) is 0 Å². The van der Waals surface area contributed by atoms with Gasteiger partial charge in [0.25, 0.3) is 5.91 Å². The van der Waals surface area contributed by atoms with Crippen molar-refractivity contribution in [2.45, 2.75) is 18.9 Å². The summed E-state index contributed by atoms with van der Waals surface area (Å²) in [5, 5.41) is 3.06. The van der Waals surface area contributed by atoms with Crippen molar-refractivity contribution in [1.82, 2.24) is 10.2 Å². The van der Waals surface area contributed by atoms with Gasteiger partial charge in [-0.15, -0.1) is 0 Å². The van der Waals surface area contributed by atoms with E-state index in [-0.39, 0.29) is 23.5 Å². The van der Waals surface area contributed by atoms with Crippen LogP contribution >= 0.6 is 0 Å². The molecule has 4 rings (SSSR count). The molecule has 2 aliphatic rings. The molecule has 0 saturated carbocycles. The molecule has 3 unspecified atom stereocenters. The zero-order valence-corrected chi connectivity index (χ0v) is 12.8. The number of benzene rings is 1. The molecular weight excluding hydrogens is 295 g/mol. The zero-order valence-electron chi connectivity index (χ0n) is 12.8. The van der Waals surface area contributed by atoms with Crippen molar-refractivity contribution in [3.8, 4) is 11.3 Å². The van der Waals surface area contributed by atoms with E-state index < -0.39 is 0 Å². The highest BCUT2D eigenvalue weighted by molar-refractivity contribution is 5.92. The molecule has 0 aliphatic carbocycles. The van der Waals surface area contributed by atoms with Crippen molar-refractivity contribution in [2.24, 2.45) is 5.92 Å². The van der Waals surface area contributed by atoms with E-state index in [2.05, 4.69) is 10.2 Å². The molecule has 1 aromatic heterocycles. The monoisotopic (exact) mass is 314 g/mol. The van der Waals surface area contributed by atoms with E-state index in [1.807, 2.05) is 0 Å². The first-order valence-corrected chi connectivity index (χ1v) is 8.06. The summed E-state index contributed by atoms with van der Waals surface area (Å²) in [6.07, 6.45) is 2.27. The van der Waals surface area contributed by atoms with Gasteiger partial charge in [-0.3, -0.25) is 4.79 Å². The van der Waals surface area contributed by atoms with Gasteiger partial charge in [-0.1, -0.05) is 12.1 Å². The molecule has 2 aliphatic heterocycles. The summed E-state index contributed by atoms with van der Waals surface area (Å²) in [4.78, 5) is 14.8. The van der Waals surface area contributed by atoms with Crippen molar-refractivity contribution in [3.05, 3.63) is 48.0 Å². The second kappa shape index (κ2) is 5.81. The van der Waals surface area contributed by atoms with Gasteiger partial charge in [0.15, 0.2) is 5.76 Å². The largest absolute Gasteiger partial charge is 0.451 e. The van der Waals surface area contributed by atoms with Crippen LogP contribution in [0.4, 0.5) is 4.39 Å². The van der Waals surface area contributed by atoms with E-state index in [1.54, 1.807) is 24.3 Å². The third-order valence-electron chi connectivity index (χ3n) is 4.74. The number of amides is 1. The van der Waals surface area contributed by atoms with Crippen LogP contribution in [-0.4, -0.2) is 36.5 Å². The minimum Gasteiger partial charge on any atom is -0.451 e. The highest BCUT2D eigenvalue weighted by atomic mass is 19.1. The molecular formula is C18H19FN2O2. The van der Waals surface area contributed by atoms with Gasteiger partial charge in [0.2, 0.25) is 0 Å². The lowest BCUT2D eigenvalue weighted by atomic mass is 9.97. The molecule has 2 saturated heterocycles. The molecule has 2 fully saturated rings. The van der Waals surface area contributed by atoms with Gasteiger partial charge < -0.3 is 14.6 Å². The number of fused-ring (bicyclic) bond motifs is 2. The molecule has 2 aromatic rings. The number of furan rings is 1. The quantitative estimate of drug-likeness (QED) is 0.947. The highest BCUT2D eigenvalue weighted by Crippen LogP contribution is 2.27. The first-order chi connectivity index (χ1) is 11.2. The number of carbonyl (C=O) groups is 1. The summed E-state index contributed by atoms with van der Waals surface area (Å²) in [7, 11) is 0. The molecule has 3 atom stereocenters. The van der Waals surface area contributed by atoms with Gasteiger partial charge in [0.1, 0.15) is 11.6 Å². The summed E-state index contributed by atoms with van der Waals surface area (Å²) >= 11 is 0. The number of piperidine rings is 1. The maximum atomic E-state index is 13.3. The smallest absolute Gasteiger partial charge is 0.287 e. The second-order valence-corrected chi connectivity index (χ2v) is 6.49. The van der Waals surface area contributed by atoms with Crippen LogP contribution in [-0.2, 0) is 0 Å². The van der Waals surface area contributed by atoms with Crippen molar-refractivity contribution < 1.29 is 13.6 Å². The number of nitrogens with one attached hydrogen (secondary N) is 1. The van der Waals surface area contributed by atoms with Gasteiger partial charge in [-0.25, -0.2) is 4.39 Å². The first kappa shape index (κ1) is 14.5. The maximum absolute atomic E-state index is 13.3. The lowest BCUT2D eigenvalue weighted by Gasteiger charge is -2.30. The molecule has 1 amide bonds. The van der Waals surface area contributed by atoms with Gasteiger partial charge >= 0.3 is 0 Å². The molecule has 5 heteroatoms. The van der Waals surface area contributed by atoms with E-state index in [9.17, 15) is 9.18 Å². The lowest BCUT2D eigenvalue weighted by molar-refractivity contribution is 0.0882. The second-order valence-electron chi connectivity index (χ2n) is 6.49. The van der Waals surface area contributed by atoms with E-state index in [0.29, 0.717) is 17.2 Å². The molecule has 3 heterocycles. The van der Waals surface area contributed by atoms with Crippen LogP contribution in [0.2, 0.25) is 0 Å². The molecule has 0 spiro atoms. The standard InChI is InChI=1S/C18H19FN2O2/c19-14-3-1-2-13(9-14)16-4-5-17(23-16)18(22)20-15-8-12-6-7-21(10-12)11-15/h1-5,9,12,15H,6-8,10-11H2,(H,20,22). The fraction of sp³-hybridized carbons (Fsp3) is 0.389. The molecule has 1 aromatic carbocycles. The van der Waals surface area contributed by atoms with E-state index >= 15 is 0 Å². The van der Waals surface area contributed by atoms with Crippen LogP contribution in [0.1, 0.15) is 23.4 Å². The summed E-state index contributed by atoms with van der Waals surface area (Å²) < 4.78 is 18.9. The first-order valence-electron chi connectivity index (χ1n) is 8.06. The Morgan fingerprint density at radius 1 is 1.26 bits per heavy atom. The Kier molecular flexibility index (Phi) is 3.65. The molecule has 1 N–H and O–H groups in total. The van der Waals surface area contributed by atoms with Crippen molar-refractivity contribution >= 4 is 5.91 Å². The van der Waals surface area contributed by atoms with Crippen LogP contribution in [0.15, 0.2) is 40.8 Å². The average Bonchev–Trinajstić information content (AvgIpc) is 3.14. The fourth-order valence-corrected chi connectivity index (χ4v) is 3.68. The summed E-state index contributed by atoms with van der Waals surface area (Å²) in [5.74, 6) is 0.963. The van der Waals surface area contributed by atoms with Gasteiger partial charge in [0, 0.05) is 24.7 Å². The van der Waals surface area contributed by atoms with Gasteiger partial charge in [-0.05, 0) is 49.6 Å². The van der Waals surface area contributed by atoms with Crippen molar-refractivity contribution in [2.75, 3.05) is 19.6 Å². The fourth-order valence-electron chi connectivity index (χ4n) is 3.68. The van der Waals surface area contributed by atoms with Gasteiger partial charge in [-0.2, -0.15) is 0 Å². The zero-order chi connectivity index (χ0) is 15.8. The molecule has 23 heavy (non-hydrogen) atoms. The maximum Gasteiger partial charge on any atom is 0.287 e. The van der Waals surface area contributed by atoms with Crippen LogP contribution < -0.4 is 5.32 Å². The Balaban J connectivity index is 1.45. The van der Waals surface area contributed by atoms with Crippen LogP contribution in [0, 0.1) is 11.7 Å². The third kappa shape index (κ3) is 3.01. The third-order valence-corrected chi connectivity index (χ3v) is 4.74. The minimum absolute atomic E-state index is 0.187. The number of rotatable bonds is 3. The van der Waals surface area contributed by atoms with Crippen LogP contribution in [0.25, 0.3) is 11.3 Å². The lowest BCUT2D eigenvalue weighted by Crippen LogP contribution is -2.46. The Labute approximate surface area is 134 Å². The van der Waals surface area contributed by atoms with Crippen molar-refractivity contribution in [3.63, 3.8) is 0 Å². The number of hydrogen-bond donors (Lipinski definition) is 1. The number of halogens is 1. The SMILES string of the molecule is O=C(NC1CC2CCN(C2)C1)c1ccc(-c2cccc(F)c2)o1. The summed E-state index contributed by atoms with van der Waals surface area (Å²) in [5.41, 5.74) is 0.630. The Hall–Kier alpha value is -2.14. The number of hydrogen-bond acceptors (Lipinski definition) is 3. The van der Waals surface area contributed by atoms with E-state index in [1.165, 1.54) is 18.6 Å². The Morgan fingerprint density at radius 3 is 3.00 bits per heavy atom. The normalized spacial score (nSPS) is 26.2. The highest BCUT2D eigenvalue weighted by Gasteiger charge is 2.33. The van der Waals surface area contributed by atoms with Crippen LogP contribution in [0.5, 0.6) is 0 Å². The number of carbonyl (C=O) groups excluding carboxylic acids is 1. The van der Waals surface area contributed by atoms with Gasteiger partial charge in [0.05, 0.1) is 0 Å². The molecule has 4 nitrogen and oxygen atoms in total. The molecule has 0 radical (unpaired) electrons. The topological polar surface area (TPSA) is 45.5 Å². The minimum atomic E-state index is -0.323. The molecule has 2 bridgehead atoms. The predicted octanol–water partition coefficient (Wildman–Crippen LogP) is 2.91. The average molecular weight is 314 g/mol. The summed E-state index contributed by atoms with van der Waals surface area (Å²) in [6, 6.07) is 9.70. The Morgan fingerprint density at radius 2 is 2.17 bits per heavy atom.